The number of rotatable bonds is 10. The van der Waals surface area contributed by atoms with E-state index in [-0.39, 0.29) is 30.4 Å². The van der Waals surface area contributed by atoms with Gasteiger partial charge in [-0.3, -0.25) is 9.55 Å². The number of ether oxygens (including phenoxy) is 1. The van der Waals surface area contributed by atoms with E-state index in [9.17, 15) is 23.3 Å². The third-order valence-electron chi connectivity index (χ3n) is 4.03. The predicted molar refractivity (Wildman–Crippen MR) is 121 cm³/mol. The first-order valence-corrected chi connectivity index (χ1v) is 11.1. The number of hydrogen-bond acceptors (Lipinski definition) is 7. The third kappa shape index (κ3) is 12.0. The molecule has 0 saturated heterocycles. The van der Waals surface area contributed by atoms with Gasteiger partial charge in [0.15, 0.2) is 17.0 Å². The number of nitro groups is 1. The van der Waals surface area contributed by atoms with E-state index < -0.39 is 27.2 Å². The molecule has 180 valence electrons. The molecule has 0 amide bonds. The van der Waals surface area contributed by atoms with Gasteiger partial charge in [-0.15, -0.1) is 5.43 Å². The summed E-state index contributed by atoms with van der Waals surface area (Å²) in [7, 11) is -4.02. The van der Waals surface area contributed by atoms with Gasteiger partial charge in [0.25, 0.3) is 10.1 Å². The van der Waals surface area contributed by atoms with Gasteiger partial charge in [-0.1, -0.05) is 48.0 Å². The molecule has 2 aromatic rings. The number of nitrogens with zero attached hydrogens (tertiary/aromatic N) is 2. The lowest BCUT2D eigenvalue weighted by molar-refractivity contribution is -0.549. The molecule has 0 unspecified atom stereocenters. The number of nitrogens with two attached hydrogens (primary N) is 2. The Morgan fingerprint density at radius 1 is 1.18 bits per heavy atom. The van der Waals surface area contributed by atoms with E-state index in [0.717, 1.165) is 11.1 Å². The highest BCUT2D eigenvalue weighted by Gasteiger charge is 2.24. The topological polar surface area (TPSA) is 200 Å². The minimum Gasteiger partial charge on any atom is -0.459 e. The largest absolute Gasteiger partial charge is 0.459 e. The normalized spacial score (nSPS) is 11.3. The van der Waals surface area contributed by atoms with Crippen LogP contribution in [0.2, 0.25) is 0 Å². The molecule has 0 fully saturated rings. The average Bonchev–Trinajstić information content (AvgIpc) is 2.74. The molecule has 0 aliphatic rings. The van der Waals surface area contributed by atoms with Crippen LogP contribution < -0.4 is 16.9 Å². The number of aryl methyl sites for hydroxylation is 1. The van der Waals surface area contributed by atoms with Crippen molar-refractivity contribution in [3.05, 3.63) is 75.8 Å². The van der Waals surface area contributed by atoms with Crippen LogP contribution in [0.15, 0.2) is 64.5 Å². The highest BCUT2D eigenvalue weighted by atomic mass is 32.2. The van der Waals surface area contributed by atoms with Crippen LogP contribution in [0.3, 0.4) is 0 Å². The second kappa shape index (κ2) is 13.6. The summed E-state index contributed by atoms with van der Waals surface area (Å²) in [5, 5.41) is 9.78. The van der Waals surface area contributed by atoms with Crippen molar-refractivity contribution < 1.29 is 27.5 Å². The SMILES string of the molecule is Cc1ccc(S(=O)(=O)O)cc1.NC(N)=NCCC[C@H](N[N+](=O)[O-])C(=O)OCc1ccccc1. The van der Waals surface area contributed by atoms with Crippen molar-refractivity contribution in [3.63, 3.8) is 0 Å². The average molecular weight is 482 g/mol. The maximum Gasteiger partial charge on any atom is 0.334 e. The summed E-state index contributed by atoms with van der Waals surface area (Å²) in [5.41, 5.74) is 14.0. The Bertz CT molecular complexity index is 1020. The van der Waals surface area contributed by atoms with Crippen molar-refractivity contribution in [2.45, 2.75) is 37.3 Å². The van der Waals surface area contributed by atoms with Gasteiger partial charge in [-0.25, -0.2) is 14.9 Å². The number of carbonyl (C=O) groups excluding carboxylic acids is 1. The first-order valence-electron chi connectivity index (χ1n) is 9.69. The monoisotopic (exact) mass is 481 g/mol. The van der Waals surface area contributed by atoms with Crippen LogP contribution in [-0.4, -0.2) is 42.5 Å². The fraction of sp³-hybridized carbons (Fsp3) is 0.300. The van der Waals surface area contributed by atoms with E-state index in [1.165, 1.54) is 12.1 Å². The van der Waals surface area contributed by atoms with Crippen LogP contribution >= 0.6 is 0 Å². The Kier molecular flexibility index (Phi) is 11.3. The molecule has 12 nitrogen and oxygen atoms in total. The molecule has 2 aromatic carbocycles. The minimum absolute atomic E-state index is 0.0590. The zero-order valence-corrected chi connectivity index (χ0v) is 18.8. The second-order valence-electron chi connectivity index (χ2n) is 6.77. The van der Waals surface area contributed by atoms with Gasteiger partial charge in [0.05, 0.1) is 4.90 Å². The fourth-order valence-electron chi connectivity index (χ4n) is 2.41. The number of aliphatic imine (C=N–C) groups is 1. The molecule has 33 heavy (non-hydrogen) atoms. The molecule has 0 aliphatic carbocycles. The molecule has 0 bridgehead atoms. The van der Waals surface area contributed by atoms with Crippen LogP contribution in [0.5, 0.6) is 0 Å². The summed E-state index contributed by atoms with van der Waals surface area (Å²) in [4.78, 5) is 26.1. The van der Waals surface area contributed by atoms with E-state index in [0.29, 0.717) is 6.42 Å². The van der Waals surface area contributed by atoms with Crippen molar-refractivity contribution >= 4 is 22.0 Å². The maximum atomic E-state index is 11.9. The van der Waals surface area contributed by atoms with Gasteiger partial charge in [0, 0.05) is 6.54 Å². The van der Waals surface area contributed by atoms with Crippen molar-refractivity contribution in [2.24, 2.45) is 16.5 Å². The highest BCUT2D eigenvalue weighted by molar-refractivity contribution is 7.85. The van der Waals surface area contributed by atoms with Gasteiger partial charge in [-0.2, -0.15) is 8.42 Å². The molecule has 2 rings (SSSR count). The summed E-state index contributed by atoms with van der Waals surface area (Å²) in [6.45, 7) is 2.18. The second-order valence-corrected chi connectivity index (χ2v) is 8.19. The number of carbonyl (C=O) groups is 1. The minimum atomic E-state index is -4.02. The Balaban J connectivity index is 0.000000412. The van der Waals surface area contributed by atoms with Crippen molar-refractivity contribution in [1.29, 1.82) is 0 Å². The molecule has 0 saturated carbocycles. The van der Waals surface area contributed by atoms with Crippen LogP contribution in [0.1, 0.15) is 24.0 Å². The lowest BCUT2D eigenvalue weighted by Crippen LogP contribution is -2.41. The molecule has 6 N–H and O–H groups in total. The molecule has 0 heterocycles. The van der Waals surface area contributed by atoms with Crippen molar-refractivity contribution in [2.75, 3.05) is 6.54 Å². The first kappa shape index (κ1) is 27.3. The highest BCUT2D eigenvalue weighted by Crippen LogP contribution is 2.08. The fourth-order valence-corrected chi connectivity index (χ4v) is 2.89. The summed E-state index contributed by atoms with van der Waals surface area (Å²) in [6.07, 6.45) is 0.592. The number of nitrogens with one attached hydrogen (secondary N) is 1. The number of guanidine groups is 1. The lowest BCUT2D eigenvalue weighted by atomic mass is 10.1. The summed E-state index contributed by atoms with van der Waals surface area (Å²) in [6, 6.07) is 14.0. The van der Waals surface area contributed by atoms with Gasteiger partial charge >= 0.3 is 5.97 Å². The molecule has 13 heteroatoms. The number of esters is 1. The zero-order valence-electron chi connectivity index (χ0n) is 18.0. The number of hydrazine groups is 1. The maximum absolute atomic E-state index is 11.9. The quantitative estimate of drug-likeness (QED) is 0.0726. The molecule has 0 radical (unpaired) electrons. The Morgan fingerprint density at radius 3 is 2.30 bits per heavy atom. The molecule has 0 aromatic heterocycles. The van der Waals surface area contributed by atoms with Crippen molar-refractivity contribution in [1.82, 2.24) is 5.43 Å². The first-order chi connectivity index (χ1) is 15.5. The van der Waals surface area contributed by atoms with Gasteiger partial charge < -0.3 is 16.2 Å². The summed E-state index contributed by atoms with van der Waals surface area (Å²) < 4.78 is 34.6. The molecular weight excluding hydrogens is 454 g/mol. The van der Waals surface area contributed by atoms with Crippen LogP contribution in [-0.2, 0) is 26.3 Å². The van der Waals surface area contributed by atoms with Crippen LogP contribution in [0, 0.1) is 17.0 Å². The predicted octanol–water partition coefficient (Wildman–Crippen LogP) is 1.18. The Morgan fingerprint density at radius 2 is 1.79 bits per heavy atom. The van der Waals surface area contributed by atoms with Crippen LogP contribution in [0.4, 0.5) is 0 Å². The molecule has 1 atom stereocenters. The smallest absolute Gasteiger partial charge is 0.334 e. The van der Waals surface area contributed by atoms with Crippen molar-refractivity contribution in [3.8, 4) is 0 Å². The van der Waals surface area contributed by atoms with E-state index in [2.05, 4.69) is 4.99 Å². The lowest BCUT2D eigenvalue weighted by Gasteiger charge is -2.13. The van der Waals surface area contributed by atoms with E-state index in [1.54, 1.807) is 24.3 Å². The summed E-state index contributed by atoms with van der Waals surface area (Å²) >= 11 is 0. The molecular formula is C20H27N5O7S. The zero-order chi connectivity index (χ0) is 24.9. The van der Waals surface area contributed by atoms with Gasteiger partial charge in [0.2, 0.25) is 0 Å². The van der Waals surface area contributed by atoms with Gasteiger partial charge in [-0.05, 0) is 37.5 Å². The van der Waals surface area contributed by atoms with Gasteiger partial charge in [0.1, 0.15) is 6.61 Å². The standard InChI is InChI=1S/C13H19N5O4.C7H8O3S/c14-13(15)16-8-4-7-11(17-18(20)21)12(19)22-9-10-5-2-1-3-6-10;1-6-2-4-7(5-3-6)11(8,9)10/h1-3,5-6,11,17H,4,7-9H2,(H4,14,15,16);2-5H,1H3,(H,8,9,10)/t11-;/m0./s1. The number of benzene rings is 2. The van der Waals surface area contributed by atoms with E-state index in [4.69, 9.17) is 20.8 Å². The van der Waals surface area contributed by atoms with E-state index >= 15 is 0 Å². The Hall–Kier alpha value is -3.71. The molecule has 0 spiro atoms. The van der Waals surface area contributed by atoms with E-state index in [1.807, 2.05) is 30.5 Å². The Labute approximate surface area is 191 Å². The number of hydrogen-bond donors (Lipinski definition) is 4. The van der Waals surface area contributed by atoms with Crippen LogP contribution in [0.25, 0.3) is 0 Å². The third-order valence-corrected chi connectivity index (χ3v) is 4.90. The molecule has 0 aliphatic heterocycles. The summed E-state index contributed by atoms with van der Waals surface area (Å²) in [5.74, 6) is -0.754.